The van der Waals surface area contributed by atoms with Gasteiger partial charge in [-0.3, -0.25) is 4.79 Å². The first-order valence-electron chi connectivity index (χ1n) is 7.32. The Bertz CT molecular complexity index is 485. The molecule has 0 amide bonds. The van der Waals surface area contributed by atoms with E-state index in [1.54, 1.807) is 12.1 Å². The molecule has 2 saturated heterocycles. The number of carbonyl (C=O) groups is 1. The second-order valence-electron chi connectivity index (χ2n) is 6.10. The summed E-state index contributed by atoms with van der Waals surface area (Å²) < 4.78 is 0. The van der Waals surface area contributed by atoms with Gasteiger partial charge in [-0.15, -0.1) is 0 Å². The lowest BCUT2D eigenvalue weighted by molar-refractivity contribution is -0.119. The Morgan fingerprint density at radius 2 is 1.75 bits per heavy atom. The number of rotatable bonds is 4. The summed E-state index contributed by atoms with van der Waals surface area (Å²) in [5, 5.41) is 4.80. The summed E-state index contributed by atoms with van der Waals surface area (Å²) in [6, 6.07) is 6.66. The van der Waals surface area contributed by atoms with E-state index in [4.69, 9.17) is 23.2 Å². The number of piperidine rings is 1. The number of fused-ring (bicyclic) bond motifs is 2. The van der Waals surface area contributed by atoms with Crippen LogP contribution in [0.25, 0.3) is 0 Å². The minimum atomic E-state index is 0.256. The van der Waals surface area contributed by atoms with Crippen molar-refractivity contribution >= 4 is 29.0 Å². The van der Waals surface area contributed by atoms with E-state index in [-0.39, 0.29) is 5.78 Å². The van der Waals surface area contributed by atoms with Crippen molar-refractivity contribution in [3.63, 3.8) is 0 Å². The lowest BCUT2D eigenvalue weighted by Crippen LogP contribution is -2.38. The van der Waals surface area contributed by atoms with E-state index in [1.165, 1.54) is 12.8 Å². The summed E-state index contributed by atoms with van der Waals surface area (Å²) in [6.07, 6.45) is 5.84. The number of nitrogens with one attached hydrogen (secondary N) is 1. The van der Waals surface area contributed by atoms with Crippen LogP contribution in [0.5, 0.6) is 0 Å². The average Bonchev–Trinajstić information content (AvgIpc) is 2.73. The molecule has 108 valence electrons. The van der Waals surface area contributed by atoms with Crippen molar-refractivity contribution in [2.24, 2.45) is 5.92 Å². The average molecular weight is 312 g/mol. The minimum Gasteiger partial charge on any atom is -0.311 e. The lowest BCUT2D eigenvalue weighted by Gasteiger charge is -2.28. The molecule has 0 spiro atoms. The largest absolute Gasteiger partial charge is 0.311 e. The van der Waals surface area contributed by atoms with Gasteiger partial charge in [0, 0.05) is 35.0 Å². The van der Waals surface area contributed by atoms with E-state index in [9.17, 15) is 4.79 Å². The van der Waals surface area contributed by atoms with Crippen molar-refractivity contribution in [3.8, 4) is 0 Å². The van der Waals surface area contributed by atoms with E-state index in [2.05, 4.69) is 5.32 Å². The fourth-order valence-corrected chi connectivity index (χ4v) is 4.17. The van der Waals surface area contributed by atoms with Crippen LogP contribution in [0.4, 0.5) is 0 Å². The molecule has 2 aliphatic heterocycles. The molecule has 0 aromatic heterocycles. The monoisotopic (exact) mass is 311 g/mol. The Morgan fingerprint density at radius 1 is 1.15 bits per heavy atom. The number of benzene rings is 1. The van der Waals surface area contributed by atoms with Gasteiger partial charge in [0.2, 0.25) is 0 Å². The predicted octanol–water partition coefficient (Wildman–Crippen LogP) is 4.03. The molecular formula is C16H19Cl2NO. The quantitative estimate of drug-likeness (QED) is 0.909. The zero-order valence-electron chi connectivity index (χ0n) is 11.4. The maximum atomic E-state index is 12.3. The van der Waals surface area contributed by atoms with Crippen LogP contribution >= 0.6 is 23.2 Å². The van der Waals surface area contributed by atoms with Gasteiger partial charge in [0.1, 0.15) is 5.78 Å². The summed E-state index contributed by atoms with van der Waals surface area (Å²) in [4.78, 5) is 12.3. The van der Waals surface area contributed by atoms with Gasteiger partial charge in [0.15, 0.2) is 0 Å². The zero-order valence-corrected chi connectivity index (χ0v) is 12.9. The summed E-state index contributed by atoms with van der Waals surface area (Å²) in [7, 11) is 0. The molecule has 2 atom stereocenters. The third-order valence-electron chi connectivity index (χ3n) is 4.52. The smallest absolute Gasteiger partial charge is 0.137 e. The van der Waals surface area contributed by atoms with Crippen molar-refractivity contribution in [3.05, 3.63) is 33.8 Å². The molecule has 0 aliphatic carbocycles. The molecule has 4 heteroatoms. The van der Waals surface area contributed by atoms with Crippen LogP contribution in [0.3, 0.4) is 0 Å². The number of hydrogen-bond acceptors (Lipinski definition) is 2. The van der Waals surface area contributed by atoms with Gasteiger partial charge in [0.25, 0.3) is 0 Å². The molecule has 2 unspecified atom stereocenters. The van der Waals surface area contributed by atoms with Gasteiger partial charge >= 0.3 is 0 Å². The first kappa shape index (κ1) is 14.4. The van der Waals surface area contributed by atoms with Crippen molar-refractivity contribution in [2.75, 3.05) is 0 Å². The maximum Gasteiger partial charge on any atom is 0.137 e. The number of ketones is 1. The second-order valence-corrected chi connectivity index (χ2v) is 6.91. The lowest BCUT2D eigenvalue weighted by atomic mass is 9.87. The highest BCUT2D eigenvalue weighted by Crippen LogP contribution is 2.33. The molecule has 2 bridgehead atoms. The van der Waals surface area contributed by atoms with Crippen LogP contribution in [0.2, 0.25) is 10.0 Å². The molecule has 2 fully saturated rings. The van der Waals surface area contributed by atoms with Gasteiger partial charge in [-0.1, -0.05) is 29.3 Å². The van der Waals surface area contributed by atoms with Crippen molar-refractivity contribution in [1.29, 1.82) is 0 Å². The van der Waals surface area contributed by atoms with Gasteiger partial charge in [-0.25, -0.2) is 0 Å². The molecule has 3 rings (SSSR count). The van der Waals surface area contributed by atoms with Gasteiger partial charge in [0.05, 0.1) is 0 Å². The summed E-state index contributed by atoms with van der Waals surface area (Å²) in [6.45, 7) is 0. The summed E-state index contributed by atoms with van der Waals surface area (Å²) >= 11 is 12.3. The fraction of sp³-hybridized carbons (Fsp3) is 0.562. The van der Waals surface area contributed by atoms with E-state index in [0.29, 0.717) is 40.9 Å². The fourth-order valence-electron chi connectivity index (χ4n) is 3.63. The van der Waals surface area contributed by atoms with Crippen molar-refractivity contribution < 1.29 is 4.79 Å². The SMILES string of the molecule is O=C(Cc1c(Cl)cccc1Cl)CC1CC2CCC(C1)N2. The molecule has 1 aromatic rings. The Labute approximate surface area is 129 Å². The summed E-state index contributed by atoms with van der Waals surface area (Å²) in [5.41, 5.74) is 0.776. The first-order valence-corrected chi connectivity index (χ1v) is 8.08. The van der Waals surface area contributed by atoms with E-state index >= 15 is 0 Å². The second kappa shape index (κ2) is 6.05. The number of hydrogen-bond donors (Lipinski definition) is 1. The van der Waals surface area contributed by atoms with Crippen LogP contribution in [-0.4, -0.2) is 17.9 Å². The Balaban J connectivity index is 1.60. The highest BCUT2D eigenvalue weighted by atomic mass is 35.5. The van der Waals surface area contributed by atoms with Crippen molar-refractivity contribution in [1.82, 2.24) is 5.32 Å². The molecule has 1 N–H and O–H groups in total. The Hall–Kier alpha value is -0.570. The molecule has 2 heterocycles. The molecule has 20 heavy (non-hydrogen) atoms. The van der Waals surface area contributed by atoms with Crippen LogP contribution < -0.4 is 5.32 Å². The third kappa shape index (κ3) is 3.19. The van der Waals surface area contributed by atoms with Crippen LogP contribution in [0, 0.1) is 5.92 Å². The van der Waals surface area contributed by atoms with Crippen LogP contribution in [0.15, 0.2) is 18.2 Å². The number of Topliss-reactive ketones (excluding diaryl/α,β-unsaturated/α-hetero) is 1. The van der Waals surface area contributed by atoms with E-state index in [0.717, 1.165) is 18.4 Å². The zero-order chi connectivity index (χ0) is 14.1. The van der Waals surface area contributed by atoms with Gasteiger partial charge < -0.3 is 5.32 Å². The van der Waals surface area contributed by atoms with E-state index < -0.39 is 0 Å². The Kier molecular flexibility index (Phi) is 4.34. The normalized spacial score (nSPS) is 28.6. The highest BCUT2D eigenvalue weighted by molar-refractivity contribution is 6.36. The van der Waals surface area contributed by atoms with E-state index in [1.807, 2.05) is 6.07 Å². The third-order valence-corrected chi connectivity index (χ3v) is 5.23. The maximum absolute atomic E-state index is 12.3. The molecule has 1 aromatic carbocycles. The number of carbonyl (C=O) groups excluding carboxylic acids is 1. The predicted molar refractivity (Wildman–Crippen MR) is 82.5 cm³/mol. The van der Waals surface area contributed by atoms with Crippen LogP contribution in [0.1, 0.15) is 37.7 Å². The molecule has 0 radical (unpaired) electrons. The molecule has 2 aliphatic rings. The Morgan fingerprint density at radius 3 is 2.35 bits per heavy atom. The number of halogens is 2. The topological polar surface area (TPSA) is 29.1 Å². The minimum absolute atomic E-state index is 0.256. The van der Waals surface area contributed by atoms with Crippen molar-refractivity contribution in [2.45, 2.75) is 50.6 Å². The van der Waals surface area contributed by atoms with Gasteiger partial charge in [-0.2, -0.15) is 0 Å². The first-order chi connectivity index (χ1) is 9.61. The highest BCUT2D eigenvalue weighted by Gasteiger charge is 2.34. The molecule has 0 saturated carbocycles. The summed E-state index contributed by atoms with van der Waals surface area (Å²) in [5.74, 6) is 0.786. The molecular weight excluding hydrogens is 293 g/mol. The molecule has 2 nitrogen and oxygen atoms in total. The van der Waals surface area contributed by atoms with Gasteiger partial charge in [-0.05, 0) is 49.3 Å². The standard InChI is InChI=1S/C16H19Cl2NO/c17-15-2-1-3-16(18)14(15)9-13(20)8-10-6-11-4-5-12(7-10)19-11/h1-3,10-12,19H,4-9H2. The van der Waals surface area contributed by atoms with Crippen LogP contribution in [-0.2, 0) is 11.2 Å².